The molecule has 0 radical (unpaired) electrons. The lowest BCUT2D eigenvalue weighted by molar-refractivity contribution is 0.0581. The lowest BCUT2D eigenvalue weighted by Crippen LogP contribution is -2.30. The standard InChI is InChI=1S/C11H22O3/c12-7-5-11(6-8-13)3-1-10(9-14)2-4-11/h10,12-14H,1-9H2. The fraction of sp³-hybridized carbons (Fsp3) is 1.00. The topological polar surface area (TPSA) is 60.7 Å². The Kier molecular flexibility index (Phi) is 4.85. The summed E-state index contributed by atoms with van der Waals surface area (Å²) in [5.41, 5.74) is 0.148. The lowest BCUT2D eigenvalue weighted by atomic mass is 9.67. The van der Waals surface area contributed by atoms with Crippen LogP contribution >= 0.6 is 0 Å². The van der Waals surface area contributed by atoms with Crippen molar-refractivity contribution in [3.8, 4) is 0 Å². The highest BCUT2D eigenvalue weighted by molar-refractivity contribution is 4.85. The first kappa shape index (κ1) is 12.0. The molecule has 0 aliphatic heterocycles. The predicted molar refractivity (Wildman–Crippen MR) is 54.9 cm³/mol. The Morgan fingerprint density at radius 3 is 1.79 bits per heavy atom. The molecule has 84 valence electrons. The van der Waals surface area contributed by atoms with Crippen LogP contribution in [0.5, 0.6) is 0 Å². The van der Waals surface area contributed by atoms with Gasteiger partial charge in [-0.05, 0) is 49.9 Å². The van der Waals surface area contributed by atoms with Gasteiger partial charge in [0.1, 0.15) is 0 Å². The van der Waals surface area contributed by atoms with E-state index in [4.69, 9.17) is 15.3 Å². The van der Waals surface area contributed by atoms with Gasteiger partial charge in [0.2, 0.25) is 0 Å². The monoisotopic (exact) mass is 202 g/mol. The summed E-state index contributed by atoms with van der Waals surface area (Å²) < 4.78 is 0. The molecular weight excluding hydrogens is 180 g/mol. The molecule has 1 saturated carbocycles. The minimum Gasteiger partial charge on any atom is -0.396 e. The minimum atomic E-state index is 0.148. The molecule has 0 aromatic rings. The Bertz CT molecular complexity index is 143. The molecule has 3 heteroatoms. The van der Waals surface area contributed by atoms with Gasteiger partial charge in [0.15, 0.2) is 0 Å². The largest absolute Gasteiger partial charge is 0.396 e. The second kappa shape index (κ2) is 5.69. The van der Waals surface area contributed by atoms with Crippen molar-refractivity contribution in [3.63, 3.8) is 0 Å². The van der Waals surface area contributed by atoms with Gasteiger partial charge in [-0.25, -0.2) is 0 Å². The second-order valence-corrected chi connectivity index (χ2v) is 4.57. The first-order valence-electron chi connectivity index (χ1n) is 5.59. The molecule has 1 fully saturated rings. The van der Waals surface area contributed by atoms with Crippen LogP contribution in [0.1, 0.15) is 38.5 Å². The van der Waals surface area contributed by atoms with Crippen LogP contribution in [0.3, 0.4) is 0 Å². The van der Waals surface area contributed by atoms with E-state index in [1.54, 1.807) is 0 Å². The average molecular weight is 202 g/mol. The third kappa shape index (κ3) is 2.94. The molecule has 0 amide bonds. The zero-order chi connectivity index (χ0) is 10.4. The maximum Gasteiger partial charge on any atom is 0.0459 e. The van der Waals surface area contributed by atoms with Crippen LogP contribution < -0.4 is 0 Å². The van der Waals surface area contributed by atoms with E-state index in [1.807, 2.05) is 0 Å². The van der Waals surface area contributed by atoms with Gasteiger partial charge in [-0.3, -0.25) is 0 Å². The van der Waals surface area contributed by atoms with E-state index < -0.39 is 0 Å². The van der Waals surface area contributed by atoms with Crippen molar-refractivity contribution in [2.45, 2.75) is 38.5 Å². The molecule has 0 aromatic heterocycles. The highest BCUT2D eigenvalue weighted by Gasteiger charge is 2.33. The average Bonchev–Trinajstić information content (AvgIpc) is 2.20. The van der Waals surface area contributed by atoms with E-state index in [-0.39, 0.29) is 25.2 Å². The van der Waals surface area contributed by atoms with Crippen molar-refractivity contribution in [1.82, 2.24) is 0 Å². The Morgan fingerprint density at radius 2 is 1.43 bits per heavy atom. The highest BCUT2D eigenvalue weighted by Crippen LogP contribution is 2.43. The quantitative estimate of drug-likeness (QED) is 0.621. The Balaban J connectivity index is 2.45. The summed E-state index contributed by atoms with van der Waals surface area (Å²) in [4.78, 5) is 0. The van der Waals surface area contributed by atoms with Gasteiger partial charge in [-0.1, -0.05) is 0 Å². The predicted octanol–water partition coefficient (Wildman–Crippen LogP) is 0.920. The van der Waals surface area contributed by atoms with Crippen molar-refractivity contribution < 1.29 is 15.3 Å². The number of aliphatic hydroxyl groups is 3. The van der Waals surface area contributed by atoms with Crippen molar-refractivity contribution in [3.05, 3.63) is 0 Å². The van der Waals surface area contributed by atoms with Crippen molar-refractivity contribution in [2.75, 3.05) is 19.8 Å². The molecule has 1 rings (SSSR count). The molecule has 1 aliphatic carbocycles. The fourth-order valence-electron chi connectivity index (χ4n) is 2.57. The number of hydrogen-bond donors (Lipinski definition) is 3. The summed E-state index contributed by atoms with van der Waals surface area (Å²) in [6.07, 6.45) is 5.75. The smallest absolute Gasteiger partial charge is 0.0459 e. The third-order valence-corrected chi connectivity index (χ3v) is 3.71. The van der Waals surface area contributed by atoms with Crippen molar-refractivity contribution in [2.24, 2.45) is 11.3 Å². The maximum atomic E-state index is 9.02. The van der Waals surface area contributed by atoms with Crippen LogP contribution in [0.2, 0.25) is 0 Å². The Labute approximate surface area is 85.8 Å². The molecule has 0 spiro atoms. The lowest BCUT2D eigenvalue weighted by Gasteiger charge is -2.39. The van der Waals surface area contributed by atoms with Gasteiger partial charge in [0.25, 0.3) is 0 Å². The fourth-order valence-corrected chi connectivity index (χ4v) is 2.57. The summed E-state index contributed by atoms with van der Waals surface area (Å²) in [5, 5.41) is 27.0. The van der Waals surface area contributed by atoms with Gasteiger partial charge >= 0.3 is 0 Å². The van der Waals surface area contributed by atoms with Gasteiger partial charge in [-0.2, -0.15) is 0 Å². The number of rotatable bonds is 5. The molecule has 3 nitrogen and oxygen atoms in total. The minimum absolute atomic E-state index is 0.148. The summed E-state index contributed by atoms with van der Waals surface area (Å²) in [7, 11) is 0. The zero-order valence-electron chi connectivity index (χ0n) is 8.78. The van der Waals surface area contributed by atoms with E-state index in [1.165, 1.54) is 0 Å². The molecule has 0 heterocycles. The van der Waals surface area contributed by atoms with E-state index in [9.17, 15) is 0 Å². The zero-order valence-corrected chi connectivity index (χ0v) is 8.78. The van der Waals surface area contributed by atoms with Gasteiger partial charge in [0.05, 0.1) is 0 Å². The van der Waals surface area contributed by atoms with Gasteiger partial charge in [-0.15, -0.1) is 0 Å². The van der Waals surface area contributed by atoms with Crippen LogP contribution in [0, 0.1) is 11.3 Å². The molecule has 0 aromatic carbocycles. The first-order chi connectivity index (χ1) is 6.76. The van der Waals surface area contributed by atoms with Gasteiger partial charge in [0, 0.05) is 19.8 Å². The molecule has 1 aliphatic rings. The Hall–Kier alpha value is -0.120. The first-order valence-corrected chi connectivity index (χ1v) is 5.59. The Morgan fingerprint density at radius 1 is 0.929 bits per heavy atom. The summed E-state index contributed by atoms with van der Waals surface area (Å²) in [6.45, 7) is 0.710. The molecule has 14 heavy (non-hydrogen) atoms. The van der Waals surface area contributed by atoms with E-state index >= 15 is 0 Å². The summed E-state index contributed by atoms with van der Waals surface area (Å²) in [6, 6.07) is 0. The molecule has 0 bridgehead atoms. The SMILES string of the molecule is OCCC1(CCO)CCC(CO)CC1. The van der Waals surface area contributed by atoms with Crippen molar-refractivity contribution >= 4 is 0 Å². The van der Waals surface area contributed by atoms with Crippen LogP contribution in [-0.2, 0) is 0 Å². The summed E-state index contributed by atoms with van der Waals surface area (Å²) in [5.74, 6) is 0.445. The van der Waals surface area contributed by atoms with Crippen molar-refractivity contribution in [1.29, 1.82) is 0 Å². The highest BCUT2D eigenvalue weighted by atomic mass is 16.3. The number of hydrogen-bond acceptors (Lipinski definition) is 3. The molecule has 3 N–H and O–H groups in total. The van der Waals surface area contributed by atoms with Crippen LogP contribution in [-0.4, -0.2) is 35.1 Å². The molecule has 0 atom stereocenters. The maximum absolute atomic E-state index is 9.02. The second-order valence-electron chi connectivity index (χ2n) is 4.57. The van der Waals surface area contributed by atoms with Gasteiger partial charge < -0.3 is 15.3 Å². The third-order valence-electron chi connectivity index (χ3n) is 3.71. The van der Waals surface area contributed by atoms with E-state index in [0.29, 0.717) is 5.92 Å². The molecule has 0 unspecified atom stereocenters. The molecular formula is C11H22O3. The van der Waals surface area contributed by atoms with Crippen LogP contribution in [0.4, 0.5) is 0 Å². The van der Waals surface area contributed by atoms with E-state index in [2.05, 4.69) is 0 Å². The summed E-state index contributed by atoms with van der Waals surface area (Å²) >= 11 is 0. The number of aliphatic hydroxyl groups excluding tert-OH is 3. The van der Waals surface area contributed by atoms with Crippen LogP contribution in [0.25, 0.3) is 0 Å². The van der Waals surface area contributed by atoms with Crippen LogP contribution in [0.15, 0.2) is 0 Å². The normalized spacial score (nSPS) is 22.5. The molecule has 0 saturated heterocycles. The van der Waals surface area contributed by atoms with E-state index in [0.717, 1.165) is 38.5 Å².